The van der Waals surface area contributed by atoms with Crippen LogP contribution in [0.25, 0.3) is 0 Å². The predicted molar refractivity (Wildman–Crippen MR) is 39.1 cm³/mol. The summed E-state index contributed by atoms with van der Waals surface area (Å²) in [5.74, 6) is 2.18. The molecule has 0 N–H and O–H groups in total. The largest absolute Gasteiger partial charge is 0.378 e. The first-order valence-electron chi connectivity index (χ1n) is 4.52. The Hall–Kier alpha value is -0.370. The first-order valence-corrected chi connectivity index (χ1v) is 4.52. The van der Waals surface area contributed by atoms with Crippen LogP contribution in [0.1, 0.15) is 19.3 Å². The highest BCUT2D eigenvalue weighted by Crippen LogP contribution is 2.54. The molecule has 1 aliphatic heterocycles. The van der Waals surface area contributed by atoms with Gasteiger partial charge in [0, 0.05) is 18.9 Å². The molecule has 2 nitrogen and oxygen atoms in total. The van der Waals surface area contributed by atoms with E-state index in [2.05, 4.69) is 0 Å². The number of fused-ring (bicyclic) bond motifs is 4. The molecular formula is C9H12O2. The second-order valence-corrected chi connectivity index (χ2v) is 3.98. The van der Waals surface area contributed by atoms with Crippen molar-refractivity contribution in [1.82, 2.24) is 0 Å². The lowest BCUT2D eigenvalue weighted by molar-refractivity contribution is -0.133. The van der Waals surface area contributed by atoms with Crippen LogP contribution < -0.4 is 0 Å². The fraction of sp³-hybridized carbons (Fsp3) is 0.889. The Morgan fingerprint density at radius 3 is 3.00 bits per heavy atom. The number of Topliss-reactive ketones (excluding diaryl/α,β-unsaturated/α-hetero) is 1. The molecule has 3 aliphatic rings. The first kappa shape index (κ1) is 6.18. The highest BCUT2D eigenvalue weighted by Gasteiger charge is 2.58. The second-order valence-electron chi connectivity index (χ2n) is 3.98. The molecule has 3 rings (SSSR count). The summed E-state index contributed by atoms with van der Waals surface area (Å²) >= 11 is 0. The lowest BCUT2D eigenvalue weighted by Gasteiger charge is -2.42. The maximum Gasteiger partial charge on any atom is 0.136 e. The van der Waals surface area contributed by atoms with E-state index in [1.807, 2.05) is 0 Å². The minimum Gasteiger partial charge on any atom is -0.378 e. The summed E-state index contributed by atoms with van der Waals surface area (Å²) in [6, 6.07) is 0. The quantitative estimate of drug-likeness (QED) is 0.517. The second kappa shape index (κ2) is 1.86. The maximum absolute atomic E-state index is 11.3. The van der Waals surface area contributed by atoms with Gasteiger partial charge >= 0.3 is 0 Å². The molecule has 4 atom stereocenters. The van der Waals surface area contributed by atoms with Crippen molar-refractivity contribution < 1.29 is 9.53 Å². The Morgan fingerprint density at radius 1 is 1.27 bits per heavy atom. The summed E-state index contributed by atoms with van der Waals surface area (Å²) < 4.78 is 5.56. The highest BCUT2D eigenvalue weighted by atomic mass is 16.5. The molecule has 2 saturated carbocycles. The van der Waals surface area contributed by atoms with Gasteiger partial charge in [0.1, 0.15) is 5.78 Å². The van der Waals surface area contributed by atoms with E-state index < -0.39 is 0 Å². The Kier molecular flexibility index (Phi) is 1.05. The van der Waals surface area contributed by atoms with E-state index in [9.17, 15) is 4.79 Å². The van der Waals surface area contributed by atoms with Crippen LogP contribution in [0.3, 0.4) is 0 Å². The van der Waals surface area contributed by atoms with Gasteiger partial charge in [-0.1, -0.05) is 0 Å². The monoisotopic (exact) mass is 152 g/mol. The predicted octanol–water partition coefficient (Wildman–Crippen LogP) is 1.00. The van der Waals surface area contributed by atoms with Gasteiger partial charge in [-0.2, -0.15) is 0 Å². The summed E-state index contributed by atoms with van der Waals surface area (Å²) in [5.41, 5.74) is 0. The molecular weight excluding hydrogens is 140 g/mol. The van der Waals surface area contributed by atoms with Crippen molar-refractivity contribution in [3.8, 4) is 0 Å². The molecule has 0 amide bonds. The zero-order chi connectivity index (χ0) is 7.42. The SMILES string of the molecule is O=C1CC[C@H]2[C@@H]3OCC[C@@H]3[C@@H]12. The first-order chi connectivity index (χ1) is 5.38. The van der Waals surface area contributed by atoms with Crippen LogP contribution in [0, 0.1) is 17.8 Å². The Bertz CT molecular complexity index is 206. The smallest absolute Gasteiger partial charge is 0.136 e. The van der Waals surface area contributed by atoms with Gasteiger partial charge in [-0.15, -0.1) is 0 Å². The van der Waals surface area contributed by atoms with Gasteiger partial charge in [-0.3, -0.25) is 4.79 Å². The van der Waals surface area contributed by atoms with Crippen LogP contribution in [0.4, 0.5) is 0 Å². The van der Waals surface area contributed by atoms with Crippen LogP contribution in [-0.2, 0) is 9.53 Å². The summed E-state index contributed by atoms with van der Waals surface area (Å²) in [4.78, 5) is 11.3. The molecule has 0 unspecified atom stereocenters. The minimum atomic E-state index is 0.419. The average Bonchev–Trinajstić information content (AvgIpc) is 2.43. The van der Waals surface area contributed by atoms with Crippen molar-refractivity contribution in [2.24, 2.45) is 17.8 Å². The van der Waals surface area contributed by atoms with Gasteiger partial charge in [0.05, 0.1) is 6.10 Å². The molecule has 0 spiro atoms. The zero-order valence-electron chi connectivity index (χ0n) is 6.45. The Morgan fingerprint density at radius 2 is 2.09 bits per heavy atom. The van der Waals surface area contributed by atoms with E-state index in [0.29, 0.717) is 29.6 Å². The van der Waals surface area contributed by atoms with Gasteiger partial charge in [-0.25, -0.2) is 0 Å². The molecule has 0 radical (unpaired) electrons. The third kappa shape index (κ3) is 0.598. The van der Waals surface area contributed by atoms with Gasteiger partial charge in [0.15, 0.2) is 0 Å². The van der Waals surface area contributed by atoms with Crippen molar-refractivity contribution in [1.29, 1.82) is 0 Å². The van der Waals surface area contributed by atoms with Crippen LogP contribution in [-0.4, -0.2) is 18.5 Å². The average molecular weight is 152 g/mol. The molecule has 11 heavy (non-hydrogen) atoms. The van der Waals surface area contributed by atoms with Gasteiger partial charge in [0.2, 0.25) is 0 Å². The van der Waals surface area contributed by atoms with Crippen molar-refractivity contribution in [3.63, 3.8) is 0 Å². The third-order valence-electron chi connectivity index (χ3n) is 3.62. The lowest BCUT2D eigenvalue weighted by Crippen LogP contribution is -2.48. The number of carbonyl (C=O) groups is 1. The fourth-order valence-electron chi connectivity index (χ4n) is 3.13. The molecule has 0 aromatic heterocycles. The fourth-order valence-corrected chi connectivity index (χ4v) is 3.13. The van der Waals surface area contributed by atoms with Crippen LogP contribution in [0.5, 0.6) is 0 Å². The Labute approximate surface area is 65.9 Å². The van der Waals surface area contributed by atoms with E-state index in [-0.39, 0.29) is 0 Å². The molecule has 0 bridgehead atoms. The number of ketones is 1. The van der Waals surface area contributed by atoms with E-state index in [0.717, 1.165) is 25.9 Å². The summed E-state index contributed by atoms with van der Waals surface area (Å²) in [5, 5.41) is 0. The molecule has 2 heteroatoms. The van der Waals surface area contributed by atoms with Gasteiger partial charge in [0.25, 0.3) is 0 Å². The standard InChI is InChI=1S/C9H12O2/c10-7-2-1-5-8(7)6-3-4-11-9(5)6/h5-6,8-9H,1-4H2/t5-,6-,8+,9+/m1/s1. The molecule has 0 aromatic carbocycles. The molecule has 60 valence electrons. The third-order valence-corrected chi connectivity index (χ3v) is 3.62. The van der Waals surface area contributed by atoms with E-state index >= 15 is 0 Å². The maximum atomic E-state index is 11.3. The summed E-state index contributed by atoms with van der Waals surface area (Å²) in [7, 11) is 0. The van der Waals surface area contributed by atoms with Gasteiger partial charge in [-0.05, 0) is 24.7 Å². The Balaban J connectivity index is 1.89. The topological polar surface area (TPSA) is 26.3 Å². The minimum absolute atomic E-state index is 0.419. The van der Waals surface area contributed by atoms with E-state index in [1.54, 1.807) is 0 Å². The lowest BCUT2D eigenvalue weighted by atomic mass is 9.64. The van der Waals surface area contributed by atoms with Crippen LogP contribution in [0.2, 0.25) is 0 Å². The molecule has 2 aliphatic carbocycles. The molecule has 3 fully saturated rings. The number of ether oxygens (including phenoxy) is 1. The number of hydrogen-bond donors (Lipinski definition) is 0. The highest BCUT2D eigenvalue weighted by molar-refractivity contribution is 5.85. The van der Waals surface area contributed by atoms with Crippen LogP contribution >= 0.6 is 0 Å². The number of rotatable bonds is 0. The van der Waals surface area contributed by atoms with Crippen molar-refractivity contribution in [2.75, 3.05) is 6.61 Å². The normalized spacial score (nSPS) is 53.6. The summed E-state index contributed by atoms with van der Waals surface area (Å²) in [6.07, 6.45) is 3.54. The van der Waals surface area contributed by atoms with E-state index in [1.165, 1.54) is 0 Å². The van der Waals surface area contributed by atoms with Crippen molar-refractivity contribution >= 4 is 5.78 Å². The van der Waals surface area contributed by atoms with Crippen molar-refractivity contribution in [3.05, 3.63) is 0 Å². The van der Waals surface area contributed by atoms with Gasteiger partial charge < -0.3 is 4.74 Å². The van der Waals surface area contributed by atoms with E-state index in [4.69, 9.17) is 4.74 Å². The number of hydrogen-bond acceptors (Lipinski definition) is 2. The molecule has 0 aromatic rings. The van der Waals surface area contributed by atoms with Crippen LogP contribution in [0.15, 0.2) is 0 Å². The molecule has 1 saturated heterocycles. The summed E-state index contributed by atoms with van der Waals surface area (Å²) in [6.45, 7) is 0.898. The zero-order valence-corrected chi connectivity index (χ0v) is 6.45. The molecule has 1 heterocycles. The van der Waals surface area contributed by atoms with Crippen molar-refractivity contribution in [2.45, 2.75) is 25.4 Å². The number of carbonyl (C=O) groups excluding carboxylic acids is 1.